The summed E-state index contributed by atoms with van der Waals surface area (Å²) in [7, 11) is 1.73. The molecule has 25 heavy (non-hydrogen) atoms. The number of piperazine rings is 1. The molecular weight excluding hydrogens is 316 g/mol. The summed E-state index contributed by atoms with van der Waals surface area (Å²) in [4.78, 5) is 4.83. The van der Waals surface area contributed by atoms with E-state index in [1.807, 2.05) is 16.8 Å². The van der Waals surface area contributed by atoms with Crippen LogP contribution < -0.4 is 9.64 Å². The van der Waals surface area contributed by atoms with Gasteiger partial charge in [-0.05, 0) is 50.3 Å². The Kier molecular flexibility index (Phi) is 4.94. The molecule has 2 heterocycles. The van der Waals surface area contributed by atoms with E-state index in [9.17, 15) is 0 Å². The first kappa shape index (κ1) is 17.7. The number of tetrazole rings is 1. The normalized spacial score (nSPS) is 17.6. The van der Waals surface area contributed by atoms with Gasteiger partial charge in [-0.1, -0.05) is 12.1 Å². The highest BCUT2D eigenvalue weighted by Gasteiger charge is 2.29. The van der Waals surface area contributed by atoms with Crippen LogP contribution in [0.4, 0.5) is 5.69 Å². The molecule has 1 aliphatic heterocycles. The van der Waals surface area contributed by atoms with Crippen LogP contribution in [0.25, 0.3) is 0 Å². The van der Waals surface area contributed by atoms with Crippen molar-refractivity contribution in [3.05, 3.63) is 30.1 Å². The summed E-state index contributed by atoms with van der Waals surface area (Å²) < 4.78 is 7.43. The first-order valence-corrected chi connectivity index (χ1v) is 8.82. The van der Waals surface area contributed by atoms with Crippen molar-refractivity contribution in [2.45, 2.75) is 39.3 Å². The maximum absolute atomic E-state index is 5.50. The van der Waals surface area contributed by atoms with E-state index in [2.05, 4.69) is 65.2 Å². The molecule has 3 rings (SSSR count). The Balaban J connectivity index is 1.69. The standard InChI is InChI=1S/C18H28N6O/c1-14(17-19-20-21-24(17)18(2,3)4)22-10-12-23(13-11-22)15-8-6-7-9-16(15)25-5/h6-9,14H,10-13H2,1-5H3/t14-/m0/s1. The minimum atomic E-state index is -0.119. The van der Waals surface area contributed by atoms with E-state index in [0.717, 1.165) is 43.4 Å². The number of ether oxygens (including phenoxy) is 1. The minimum Gasteiger partial charge on any atom is -0.495 e. The number of hydrogen-bond acceptors (Lipinski definition) is 6. The third-order valence-corrected chi connectivity index (χ3v) is 4.79. The SMILES string of the molecule is COc1ccccc1N1CCN([C@@H](C)c2nnnn2C(C)(C)C)CC1. The Labute approximate surface area is 149 Å². The minimum absolute atomic E-state index is 0.119. The van der Waals surface area contributed by atoms with Gasteiger partial charge in [0.05, 0.1) is 24.4 Å². The van der Waals surface area contributed by atoms with Crippen LogP contribution in [0.15, 0.2) is 24.3 Å². The molecule has 0 spiro atoms. The van der Waals surface area contributed by atoms with Crippen LogP contribution in [0.5, 0.6) is 5.75 Å². The van der Waals surface area contributed by atoms with Gasteiger partial charge in [-0.25, -0.2) is 4.68 Å². The highest BCUT2D eigenvalue weighted by molar-refractivity contribution is 5.58. The van der Waals surface area contributed by atoms with Gasteiger partial charge in [0, 0.05) is 26.2 Å². The molecule has 1 fully saturated rings. The molecule has 7 nitrogen and oxygen atoms in total. The fourth-order valence-electron chi connectivity index (χ4n) is 3.34. The summed E-state index contributed by atoms with van der Waals surface area (Å²) >= 11 is 0. The molecule has 1 aliphatic rings. The lowest BCUT2D eigenvalue weighted by Gasteiger charge is -2.39. The predicted octanol–water partition coefficient (Wildman–Crippen LogP) is 2.32. The smallest absolute Gasteiger partial charge is 0.168 e. The average Bonchev–Trinajstić information content (AvgIpc) is 3.11. The van der Waals surface area contributed by atoms with E-state index in [0.29, 0.717) is 0 Å². The van der Waals surface area contributed by atoms with Gasteiger partial charge in [0.15, 0.2) is 5.82 Å². The average molecular weight is 344 g/mol. The zero-order valence-corrected chi connectivity index (χ0v) is 15.8. The zero-order chi connectivity index (χ0) is 18.0. The highest BCUT2D eigenvalue weighted by atomic mass is 16.5. The Morgan fingerprint density at radius 2 is 1.76 bits per heavy atom. The van der Waals surface area contributed by atoms with Gasteiger partial charge in [0.25, 0.3) is 0 Å². The van der Waals surface area contributed by atoms with E-state index < -0.39 is 0 Å². The molecule has 1 aromatic carbocycles. The molecule has 0 bridgehead atoms. The lowest BCUT2D eigenvalue weighted by Crippen LogP contribution is -2.48. The predicted molar refractivity (Wildman–Crippen MR) is 98.0 cm³/mol. The summed E-state index contributed by atoms with van der Waals surface area (Å²) in [6.45, 7) is 12.4. The number of hydrogen-bond donors (Lipinski definition) is 0. The van der Waals surface area contributed by atoms with Crippen molar-refractivity contribution in [3.63, 3.8) is 0 Å². The number of aromatic nitrogens is 4. The van der Waals surface area contributed by atoms with E-state index in [-0.39, 0.29) is 11.6 Å². The Hall–Kier alpha value is -2.15. The fraction of sp³-hybridized carbons (Fsp3) is 0.611. The van der Waals surface area contributed by atoms with Crippen molar-refractivity contribution in [1.82, 2.24) is 25.1 Å². The van der Waals surface area contributed by atoms with Crippen molar-refractivity contribution in [1.29, 1.82) is 0 Å². The molecule has 1 saturated heterocycles. The topological polar surface area (TPSA) is 59.3 Å². The van der Waals surface area contributed by atoms with E-state index in [4.69, 9.17) is 4.74 Å². The number of para-hydroxylation sites is 2. The van der Waals surface area contributed by atoms with Gasteiger partial charge >= 0.3 is 0 Å². The molecule has 1 aromatic heterocycles. The first-order chi connectivity index (χ1) is 11.9. The first-order valence-electron chi connectivity index (χ1n) is 8.82. The number of nitrogens with zero attached hydrogens (tertiary/aromatic N) is 6. The largest absolute Gasteiger partial charge is 0.495 e. The van der Waals surface area contributed by atoms with Gasteiger partial charge in [0.1, 0.15) is 5.75 Å². The molecule has 0 N–H and O–H groups in total. The monoisotopic (exact) mass is 344 g/mol. The van der Waals surface area contributed by atoms with Gasteiger partial charge in [-0.3, -0.25) is 4.90 Å². The van der Waals surface area contributed by atoms with Crippen LogP contribution in [0.3, 0.4) is 0 Å². The lowest BCUT2D eigenvalue weighted by molar-refractivity contribution is 0.178. The quantitative estimate of drug-likeness (QED) is 0.848. The van der Waals surface area contributed by atoms with Crippen LogP contribution in [-0.4, -0.2) is 58.4 Å². The van der Waals surface area contributed by atoms with Crippen molar-refractivity contribution < 1.29 is 4.74 Å². The van der Waals surface area contributed by atoms with Crippen LogP contribution in [0.1, 0.15) is 39.6 Å². The van der Waals surface area contributed by atoms with Crippen molar-refractivity contribution in [2.75, 3.05) is 38.2 Å². The summed E-state index contributed by atoms with van der Waals surface area (Å²) in [6, 6.07) is 8.39. The highest BCUT2D eigenvalue weighted by Crippen LogP contribution is 2.30. The maximum atomic E-state index is 5.50. The Morgan fingerprint density at radius 3 is 2.40 bits per heavy atom. The van der Waals surface area contributed by atoms with Crippen LogP contribution >= 0.6 is 0 Å². The number of benzene rings is 1. The third-order valence-electron chi connectivity index (χ3n) is 4.79. The number of rotatable bonds is 4. The zero-order valence-electron chi connectivity index (χ0n) is 15.8. The van der Waals surface area contributed by atoms with Gasteiger partial charge in [0.2, 0.25) is 0 Å². The third kappa shape index (κ3) is 3.61. The van der Waals surface area contributed by atoms with Gasteiger partial charge in [-0.15, -0.1) is 5.10 Å². The molecule has 0 radical (unpaired) electrons. The second kappa shape index (κ2) is 7.00. The van der Waals surface area contributed by atoms with Crippen LogP contribution in [0, 0.1) is 0 Å². The second-order valence-electron chi connectivity index (χ2n) is 7.49. The lowest BCUT2D eigenvalue weighted by atomic mass is 10.1. The van der Waals surface area contributed by atoms with Crippen LogP contribution in [0.2, 0.25) is 0 Å². The van der Waals surface area contributed by atoms with E-state index in [1.54, 1.807) is 7.11 Å². The number of anilines is 1. The van der Waals surface area contributed by atoms with E-state index in [1.165, 1.54) is 0 Å². The fourth-order valence-corrected chi connectivity index (χ4v) is 3.34. The summed E-state index contributed by atoms with van der Waals surface area (Å²) in [5, 5.41) is 12.4. The van der Waals surface area contributed by atoms with Gasteiger partial charge in [-0.2, -0.15) is 0 Å². The molecule has 7 heteroatoms. The summed E-state index contributed by atoms with van der Waals surface area (Å²) in [5.41, 5.74) is 1.04. The van der Waals surface area contributed by atoms with Crippen LogP contribution in [-0.2, 0) is 5.54 Å². The molecular formula is C18H28N6O. The number of methoxy groups -OCH3 is 1. The molecule has 0 aliphatic carbocycles. The Morgan fingerprint density at radius 1 is 1.08 bits per heavy atom. The van der Waals surface area contributed by atoms with Crippen molar-refractivity contribution in [2.24, 2.45) is 0 Å². The molecule has 0 amide bonds. The molecule has 2 aromatic rings. The van der Waals surface area contributed by atoms with Gasteiger partial charge < -0.3 is 9.64 Å². The van der Waals surface area contributed by atoms with Crippen molar-refractivity contribution in [3.8, 4) is 5.75 Å². The van der Waals surface area contributed by atoms with Crippen molar-refractivity contribution >= 4 is 5.69 Å². The summed E-state index contributed by atoms with van der Waals surface area (Å²) in [5.74, 6) is 1.86. The summed E-state index contributed by atoms with van der Waals surface area (Å²) in [6.07, 6.45) is 0. The molecule has 0 saturated carbocycles. The maximum Gasteiger partial charge on any atom is 0.168 e. The molecule has 136 valence electrons. The molecule has 0 unspecified atom stereocenters. The molecule has 1 atom stereocenters. The van der Waals surface area contributed by atoms with E-state index >= 15 is 0 Å². The second-order valence-corrected chi connectivity index (χ2v) is 7.49. The Bertz CT molecular complexity index is 700.